The van der Waals surface area contributed by atoms with Gasteiger partial charge in [0.1, 0.15) is 5.15 Å². The van der Waals surface area contributed by atoms with Crippen LogP contribution >= 0.6 is 11.6 Å². The van der Waals surface area contributed by atoms with Crippen molar-refractivity contribution in [2.75, 3.05) is 5.43 Å². The average Bonchev–Trinajstić information content (AvgIpc) is 3.02. The standard InChI is InChI=1S/C22H21ClN6O/c1-3-28-21(30)17-11-7-8-12-19(17)25-22(28)26-24-13-18-15(2)27-29(20(18)23)14-16-9-5-4-6-10-16/h4-13H,3,14H2,1-2H3,(H,25,26)/b24-13-. The number of para-hydroxylation sites is 1. The molecule has 1 N–H and O–H groups in total. The van der Waals surface area contributed by atoms with Crippen LogP contribution in [-0.2, 0) is 13.1 Å². The summed E-state index contributed by atoms with van der Waals surface area (Å²) < 4.78 is 3.29. The van der Waals surface area contributed by atoms with Gasteiger partial charge < -0.3 is 0 Å². The Hall–Kier alpha value is -3.45. The highest BCUT2D eigenvalue weighted by atomic mass is 35.5. The van der Waals surface area contributed by atoms with E-state index >= 15 is 0 Å². The number of aromatic nitrogens is 4. The molecule has 0 aliphatic carbocycles. The smallest absolute Gasteiger partial charge is 0.262 e. The number of anilines is 1. The minimum absolute atomic E-state index is 0.106. The van der Waals surface area contributed by atoms with E-state index in [1.807, 2.05) is 56.3 Å². The van der Waals surface area contributed by atoms with E-state index in [1.165, 1.54) is 0 Å². The van der Waals surface area contributed by atoms with E-state index in [0.29, 0.717) is 40.7 Å². The van der Waals surface area contributed by atoms with Crippen LogP contribution in [0.3, 0.4) is 0 Å². The maximum absolute atomic E-state index is 12.7. The molecule has 0 atom stereocenters. The Bertz CT molecular complexity index is 1280. The topological polar surface area (TPSA) is 77.1 Å². The number of hydrogen-bond donors (Lipinski definition) is 1. The lowest BCUT2D eigenvalue weighted by Crippen LogP contribution is -2.23. The first-order valence-electron chi connectivity index (χ1n) is 9.64. The molecule has 0 aliphatic heterocycles. The summed E-state index contributed by atoms with van der Waals surface area (Å²) in [4.78, 5) is 17.2. The quantitative estimate of drug-likeness (QED) is 0.377. The van der Waals surface area contributed by atoms with Crippen LogP contribution in [0.2, 0.25) is 5.15 Å². The molecule has 2 aromatic carbocycles. The lowest BCUT2D eigenvalue weighted by Gasteiger charge is -2.10. The van der Waals surface area contributed by atoms with E-state index < -0.39 is 0 Å². The Balaban J connectivity index is 1.60. The van der Waals surface area contributed by atoms with Crippen LogP contribution in [0.15, 0.2) is 64.5 Å². The summed E-state index contributed by atoms with van der Waals surface area (Å²) in [5, 5.41) is 9.87. The molecule has 8 heteroatoms. The number of nitrogens with one attached hydrogen (secondary N) is 1. The van der Waals surface area contributed by atoms with Gasteiger partial charge in [-0.2, -0.15) is 10.2 Å². The average molecular weight is 421 g/mol. The molecule has 0 aliphatic rings. The van der Waals surface area contributed by atoms with Gasteiger partial charge in [-0.05, 0) is 31.5 Å². The van der Waals surface area contributed by atoms with Gasteiger partial charge in [0.2, 0.25) is 5.95 Å². The van der Waals surface area contributed by atoms with Crippen molar-refractivity contribution in [2.24, 2.45) is 5.10 Å². The Morgan fingerprint density at radius 3 is 2.63 bits per heavy atom. The molecule has 152 valence electrons. The maximum atomic E-state index is 12.7. The maximum Gasteiger partial charge on any atom is 0.262 e. The predicted molar refractivity (Wildman–Crippen MR) is 120 cm³/mol. The zero-order valence-electron chi connectivity index (χ0n) is 16.7. The number of aryl methyl sites for hydroxylation is 1. The number of benzene rings is 2. The van der Waals surface area contributed by atoms with Gasteiger partial charge in [-0.25, -0.2) is 15.1 Å². The van der Waals surface area contributed by atoms with E-state index in [0.717, 1.165) is 11.3 Å². The van der Waals surface area contributed by atoms with Gasteiger partial charge in [-0.3, -0.25) is 9.36 Å². The highest BCUT2D eigenvalue weighted by molar-refractivity contribution is 6.32. The number of halogens is 1. The summed E-state index contributed by atoms with van der Waals surface area (Å²) >= 11 is 6.53. The molecule has 4 rings (SSSR count). The normalized spacial score (nSPS) is 11.4. The van der Waals surface area contributed by atoms with Crippen molar-refractivity contribution in [2.45, 2.75) is 26.9 Å². The van der Waals surface area contributed by atoms with Gasteiger partial charge in [0.15, 0.2) is 0 Å². The molecule has 0 amide bonds. The molecule has 7 nitrogen and oxygen atoms in total. The van der Waals surface area contributed by atoms with Crippen molar-refractivity contribution in [3.63, 3.8) is 0 Å². The fourth-order valence-electron chi connectivity index (χ4n) is 3.28. The van der Waals surface area contributed by atoms with E-state index in [9.17, 15) is 4.79 Å². The third-order valence-electron chi connectivity index (χ3n) is 4.82. The third-order valence-corrected chi connectivity index (χ3v) is 5.22. The molecule has 0 saturated carbocycles. The Kier molecular flexibility index (Phi) is 5.63. The number of nitrogens with zero attached hydrogens (tertiary/aromatic N) is 5. The lowest BCUT2D eigenvalue weighted by atomic mass is 10.2. The minimum atomic E-state index is -0.106. The number of hydrogen-bond acceptors (Lipinski definition) is 5. The van der Waals surface area contributed by atoms with Gasteiger partial charge in [-0.15, -0.1) is 0 Å². The predicted octanol–water partition coefficient (Wildman–Crippen LogP) is 4.07. The number of hydrazone groups is 1. The van der Waals surface area contributed by atoms with Crippen LogP contribution in [0.4, 0.5) is 5.95 Å². The van der Waals surface area contributed by atoms with Gasteiger partial charge in [0.05, 0.1) is 34.9 Å². The fourth-order valence-corrected chi connectivity index (χ4v) is 3.56. The van der Waals surface area contributed by atoms with E-state index in [2.05, 4.69) is 20.6 Å². The number of fused-ring (bicyclic) bond motifs is 1. The van der Waals surface area contributed by atoms with Crippen LogP contribution < -0.4 is 11.0 Å². The number of rotatable bonds is 6. The van der Waals surface area contributed by atoms with Crippen molar-refractivity contribution in [3.8, 4) is 0 Å². The molecule has 0 saturated heterocycles. The van der Waals surface area contributed by atoms with Crippen LogP contribution in [-0.4, -0.2) is 25.5 Å². The van der Waals surface area contributed by atoms with Crippen LogP contribution in [0.5, 0.6) is 0 Å². The van der Waals surface area contributed by atoms with Gasteiger partial charge in [-0.1, -0.05) is 54.1 Å². The first-order chi connectivity index (χ1) is 14.6. The SMILES string of the molecule is CCn1c(N/N=C\c2c(C)nn(Cc3ccccc3)c2Cl)nc2ccccc2c1=O. The van der Waals surface area contributed by atoms with Gasteiger partial charge in [0, 0.05) is 6.54 Å². The second-order valence-corrected chi connectivity index (χ2v) is 7.16. The largest absolute Gasteiger partial charge is 0.277 e. The molecule has 30 heavy (non-hydrogen) atoms. The first-order valence-corrected chi connectivity index (χ1v) is 10.0. The van der Waals surface area contributed by atoms with E-state index in [-0.39, 0.29) is 5.56 Å². The Labute approximate surface area is 178 Å². The molecule has 2 heterocycles. The Morgan fingerprint density at radius 1 is 1.13 bits per heavy atom. The lowest BCUT2D eigenvalue weighted by molar-refractivity contribution is 0.680. The van der Waals surface area contributed by atoms with Crippen LogP contribution in [0, 0.1) is 6.92 Å². The zero-order chi connectivity index (χ0) is 21.1. The summed E-state index contributed by atoms with van der Waals surface area (Å²) in [6, 6.07) is 17.2. The van der Waals surface area contributed by atoms with Crippen molar-refractivity contribution in [1.29, 1.82) is 0 Å². The van der Waals surface area contributed by atoms with Crippen molar-refractivity contribution in [3.05, 3.63) is 86.9 Å². The first kappa shape index (κ1) is 19.8. The molecule has 0 unspecified atom stereocenters. The summed E-state index contributed by atoms with van der Waals surface area (Å²) in [5.74, 6) is 0.378. The van der Waals surface area contributed by atoms with E-state index in [1.54, 1.807) is 27.6 Å². The molecular formula is C22H21ClN6O. The van der Waals surface area contributed by atoms with Gasteiger partial charge in [0.25, 0.3) is 5.56 Å². The molecule has 4 aromatic rings. The van der Waals surface area contributed by atoms with Crippen molar-refractivity contribution in [1.82, 2.24) is 19.3 Å². The molecule has 0 spiro atoms. The molecule has 0 fully saturated rings. The Morgan fingerprint density at radius 2 is 1.87 bits per heavy atom. The minimum Gasteiger partial charge on any atom is -0.277 e. The summed E-state index contributed by atoms with van der Waals surface area (Å²) in [5.41, 5.74) is 5.99. The van der Waals surface area contributed by atoms with E-state index in [4.69, 9.17) is 11.6 Å². The van der Waals surface area contributed by atoms with Crippen molar-refractivity contribution >= 4 is 34.7 Å². The molecule has 0 radical (unpaired) electrons. The fraction of sp³-hybridized carbons (Fsp3) is 0.182. The highest BCUT2D eigenvalue weighted by Crippen LogP contribution is 2.19. The summed E-state index contributed by atoms with van der Waals surface area (Å²) in [6.45, 7) is 4.82. The van der Waals surface area contributed by atoms with Crippen LogP contribution in [0.25, 0.3) is 10.9 Å². The molecule has 0 bridgehead atoms. The summed E-state index contributed by atoms with van der Waals surface area (Å²) in [7, 11) is 0. The second-order valence-electron chi connectivity index (χ2n) is 6.81. The summed E-state index contributed by atoms with van der Waals surface area (Å²) in [6.07, 6.45) is 1.60. The monoisotopic (exact) mass is 420 g/mol. The zero-order valence-corrected chi connectivity index (χ0v) is 17.5. The van der Waals surface area contributed by atoms with Crippen molar-refractivity contribution < 1.29 is 0 Å². The molecular weight excluding hydrogens is 400 g/mol. The second kappa shape index (κ2) is 8.51. The highest BCUT2D eigenvalue weighted by Gasteiger charge is 2.13. The molecule has 2 aromatic heterocycles. The third kappa shape index (κ3) is 3.84. The van der Waals surface area contributed by atoms with Crippen LogP contribution in [0.1, 0.15) is 23.7 Å². The van der Waals surface area contributed by atoms with Gasteiger partial charge >= 0.3 is 0 Å².